The summed E-state index contributed by atoms with van der Waals surface area (Å²) in [6, 6.07) is 7.80. The Hall–Kier alpha value is -1.66. The molecule has 0 bridgehead atoms. The Labute approximate surface area is 97.4 Å². The van der Waals surface area contributed by atoms with Gasteiger partial charge in [0.1, 0.15) is 12.4 Å². The predicted octanol–water partition coefficient (Wildman–Crippen LogP) is 1.67. The quantitative estimate of drug-likeness (QED) is 0.735. The van der Waals surface area contributed by atoms with Gasteiger partial charge in [-0.1, -0.05) is 5.92 Å². The number of hydrogen-bond acceptors (Lipinski definition) is 3. The third-order valence-electron chi connectivity index (χ3n) is 2.06. The number of rotatable bonds is 6. The van der Waals surface area contributed by atoms with Crippen LogP contribution in [0.5, 0.6) is 5.75 Å². The van der Waals surface area contributed by atoms with E-state index < -0.39 is 0 Å². The number of benzene rings is 1. The molecule has 86 valence electrons. The SMILES string of the molecule is C#CCNc1ccc(OCCN(C)C)cc1. The summed E-state index contributed by atoms with van der Waals surface area (Å²) in [4.78, 5) is 2.09. The van der Waals surface area contributed by atoms with E-state index in [9.17, 15) is 0 Å². The van der Waals surface area contributed by atoms with Crippen molar-refractivity contribution in [1.82, 2.24) is 4.90 Å². The molecule has 1 aromatic carbocycles. The van der Waals surface area contributed by atoms with E-state index in [1.807, 2.05) is 38.4 Å². The van der Waals surface area contributed by atoms with Crippen molar-refractivity contribution >= 4 is 5.69 Å². The Morgan fingerprint density at radius 2 is 2.00 bits per heavy atom. The fraction of sp³-hybridized carbons (Fsp3) is 0.385. The second-order valence-corrected chi connectivity index (χ2v) is 3.73. The molecule has 0 saturated heterocycles. The van der Waals surface area contributed by atoms with Crippen LogP contribution in [0.1, 0.15) is 0 Å². The second-order valence-electron chi connectivity index (χ2n) is 3.73. The summed E-state index contributed by atoms with van der Waals surface area (Å²) >= 11 is 0. The van der Waals surface area contributed by atoms with Gasteiger partial charge in [-0.25, -0.2) is 0 Å². The van der Waals surface area contributed by atoms with E-state index >= 15 is 0 Å². The molecular weight excluding hydrogens is 200 g/mol. The largest absolute Gasteiger partial charge is 0.492 e. The minimum absolute atomic E-state index is 0.542. The molecule has 0 saturated carbocycles. The van der Waals surface area contributed by atoms with E-state index in [0.717, 1.165) is 18.0 Å². The number of terminal acetylenes is 1. The van der Waals surface area contributed by atoms with E-state index in [4.69, 9.17) is 11.2 Å². The first-order valence-corrected chi connectivity index (χ1v) is 5.27. The first-order valence-electron chi connectivity index (χ1n) is 5.27. The van der Waals surface area contributed by atoms with Gasteiger partial charge in [0.05, 0.1) is 6.54 Å². The van der Waals surface area contributed by atoms with Crippen LogP contribution in [-0.2, 0) is 0 Å². The van der Waals surface area contributed by atoms with E-state index in [-0.39, 0.29) is 0 Å². The first-order chi connectivity index (χ1) is 7.72. The van der Waals surface area contributed by atoms with Crippen molar-refractivity contribution in [3.05, 3.63) is 24.3 Å². The van der Waals surface area contributed by atoms with Crippen LogP contribution in [0.4, 0.5) is 5.69 Å². The van der Waals surface area contributed by atoms with Gasteiger partial charge in [-0.3, -0.25) is 0 Å². The Morgan fingerprint density at radius 3 is 2.56 bits per heavy atom. The van der Waals surface area contributed by atoms with Gasteiger partial charge in [0.2, 0.25) is 0 Å². The Kier molecular flexibility index (Phi) is 5.24. The normalized spacial score (nSPS) is 9.88. The fourth-order valence-electron chi connectivity index (χ4n) is 1.17. The van der Waals surface area contributed by atoms with Crippen molar-refractivity contribution in [3.8, 4) is 18.1 Å². The molecule has 1 N–H and O–H groups in total. The lowest BCUT2D eigenvalue weighted by Crippen LogP contribution is -2.19. The van der Waals surface area contributed by atoms with E-state index in [1.165, 1.54) is 0 Å². The van der Waals surface area contributed by atoms with Crippen LogP contribution in [0.3, 0.4) is 0 Å². The molecule has 0 amide bonds. The minimum Gasteiger partial charge on any atom is -0.492 e. The van der Waals surface area contributed by atoms with Crippen LogP contribution >= 0.6 is 0 Å². The molecule has 0 atom stereocenters. The number of nitrogens with zero attached hydrogens (tertiary/aromatic N) is 1. The summed E-state index contributed by atoms with van der Waals surface area (Å²) in [5.74, 6) is 3.41. The van der Waals surface area contributed by atoms with Crippen LogP contribution in [0.2, 0.25) is 0 Å². The summed E-state index contributed by atoms with van der Waals surface area (Å²) < 4.78 is 5.57. The van der Waals surface area contributed by atoms with Crippen LogP contribution in [0.25, 0.3) is 0 Å². The summed E-state index contributed by atoms with van der Waals surface area (Å²) in [6.45, 7) is 2.15. The number of hydrogen-bond donors (Lipinski definition) is 1. The molecule has 0 aromatic heterocycles. The molecule has 0 heterocycles. The van der Waals surface area contributed by atoms with Gasteiger partial charge < -0.3 is 15.0 Å². The number of ether oxygens (including phenoxy) is 1. The average Bonchev–Trinajstić information content (AvgIpc) is 2.27. The van der Waals surface area contributed by atoms with Gasteiger partial charge in [-0.05, 0) is 38.4 Å². The number of likely N-dealkylation sites (N-methyl/N-ethyl adjacent to an activating group) is 1. The summed E-state index contributed by atoms with van der Waals surface area (Å²) in [5.41, 5.74) is 1.01. The molecule has 3 heteroatoms. The van der Waals surface area contributed by atoms with Crippen LogP contribution in [-0.4, -0.2) is 38.7 Å². The molecule has 0 spiro atoms. The molecule has 1 rings (SSSR count). The third-order valence-corrected chi connectivity index (χ3v) is 2.06. The lowest BCUT2D eigenvalue weighted by molar-refractivity contribution is 0.261. The highest BCUT2D eigenvalue weighted by Gasteiger charge is 1.95. The molecule has 0 radical (unpaired) electrons. The fourth-order valence-corrected chi connectivity index (χ4v) is 1.17. The zero-order valence-electron chi connectivity index (χ0n) is 9.86. The second kappa shape index (κ2) is 6.76. The number of anilines is 1. The monoisotopic (exact) mass is 218 g/mol. The van der Waals surface area contributed by atoms with Crippen LogP contribution < -0.4 is 10.1 Å². The van der Waals surface area contributed by atoms with E-state index in [2.05, 4.69) is 16.1 Å². The molecular formula is C13H18N2O. The van der Waals surface area contributed by atoms with Gasteiger partial charge in [0, 0.05) is 12.2 Å². The van der Waals surface area contributed by atoms with Crippen LogP contribution in [0, 0.1) is 12.3 Å². The summed E-state index contributed by atoms with van der Waals surface area (Å²) in [5, 5.41) is 3.10. The van der Waals surface area contributed by atoms with Gasteiger partial charge >= 0.3 is 0 Å². The summed E-state index contributed by atoms with van der Waals surface area (Å²) in [7, 11) is 4.05. The molecule has 0 fully saturated rings. The topological polar surface area (TPSA) is 24.5 Å². The Bertz CT molecular complexity index is 338. The molecule has 0 unspecified atom stereocenters. The lowest BCUT2D eigenvalue weighted by Gasteiger charge is -2.11. The molecule has 1 aromatic rings. The molecule has 3 nitrogen and oxygen atoms in total. The average molecular weight is 218 g/mol. The highest BCUT2D eigenvalue weighted by Crippen LogP contribution is 2.15. The predicted molar refractivity (Wildman–Crippen MR) is 67.8 cm³/mol. The third kappa shape index (κ3) is 4.72. The maximum absolute atomic E-state index is 5.57. The molecule has 0 aliphatic heterocycles. The van der Waals surface area contributed by atoms with Gasteiger partial charge in [0.15, 0.2) is 0 Å². The van der Waals surface area contributed by atoms with E-state index in [0.29, 0.717) is 13.2 Å². The maximum atomic E-state index is 5.57. The molecule has 0 aliphatic carbocycles. The zero-order valence-corrected chi connectivity index (χ0v) is 9.86. The molecule has 0 aliphatic rings. The maximum Gasteiger partial charge on any atom is 0.119 e. The smallest absolute Gasteiger partial charge is 0.119 e. The lowest BCUT2D eigenvalue weighted by atomic mass is 10.3. The van der Waals surface area contributed by atoms with Gasteiger partial charge in [-0.15, -0.1) is 6.42 Å². The highest BCUT2D eigenvalue weighted by atomic mass is 16.5. The van der Waals surface area contributed by atoms with Gasteiger partial charge in [-0.2, -0.15) is 0 Å². The Balaban J connectivity index is 2.36. The van der Waals surface area contributed by atoms with Crippen molar-refractivity contribution in [2.24, 2.45) is 0 Å². The highest BCUT2D eigenvalue weighted by molar-refractivity contribution is 5.47. The standard InChI is InChI=1S/C13H18N2O/c1-4-9-14-12-5-7-13(8-6-12)16-11-10-15(2)3/h1,5-8,14H,9-11H2,2-3H3. The first kappa shape index (κ1) is 12.4. The summed E-state index contributed by atoms with van der Waals surface area (Å²) in [6.07, 6.45) is 5.16. The Morgan fingerprint density at radius 1 is 1.31 bits per heavy atom. The minimum atomic E-state index is 0.542. The van der Waals surface area contributed by atoms with Crippen molar-refractivity contribution in [2.75, 3.05) is 39.1 Å². The number of nitrogens with one attached hydrogen (secondary N) is 1. The van der Waals surface area contributed by atoms with Crippen LogP contribution in [0.15, 0.2) is 24.3 Å². The van der Waals surface area contributed by atoms with Crippen molar-refractivity contribution in [1.29, 1.82) is 0 Å². The van der Waals surface area contributed by atoms with Crippen molar-refractivity contribution in [3.63, 3.8) is 0 Å². The van der Waals surface area contributed by atoms with Gasteiger partial charge in [0.25, 0.3) is 0 Å². The van der Waals surface area contributed by atoms with Crippen molar-refractivity contribution in [2.45, 2.75) is 0 Å². The van der Waals surface area contributed by atoms with Crippen molar-refractivity contribution < 1.29 is 4.74 Å². The van der Waals surface area contributed by atoms with E-state index in [1.54, 1.807) is 0 Å². The zero-order chi connectivity index (χ0) is 11.8. The molecule has 16 heavy (non-hydrogen) atoms.